The van der Waals surface area contributed by atoms with Gasteiger partial charge in [-0.25, -0.2) is 41.7 Å². The highest BCUT2D eigenvalue weighted by Crippen LogP contribution is 2.43. The normalized spacial score (nSPS) is 23.6. The quantitative estimate of drug-likeness (QED) is 0.247. The number of thiazole rings is 1. The second-order valence-corrected chi connectivity index (χ2v) is 13.3. The summed E-state index contributed by atoms with van der Waals surface area (Å²) < 4.78 is 79.4. The van der Waals surface area contributed by atoms with E-state index in [1.807, 2.05) is 0 Å². The highest BCUT2D eigenvalue weighted by molar-refractivity contribution is 7.11. The van der Waals surface area contributed by atoms with Crippen molar-refractivity contribution in [2.45, 2.75) is 64.6 Å². The second kappa shape index (κ2) is 13.6. The van der Waals surface area contributed by atoms with Crippen LogP contribution in [-0.2, 0) is 14.3 Å². The van der Waals surface area contributed by atoms with Crippen molar-refractivity contribution >= 4 is 29.1 Å². The van der Waals surface area contributed by atoms with Crippen LogP contribution in [0.25, 0.3) is 0 Å². The Hall–Kier alpha value is -3.47. The summed E-state index contributed by atoms with van der Waals surface area (Å²) in [4.78, 5) is 35.8. The van der Waals surface area contributed by atoms with Gasteiger partial charge in [-0.05, 0) is 51.3 Å². The maximum atomic E-state index is 15.9. The number of amidine groups is 1. The number of halogens is 5. The molecule has 16 heteroatoms. The molecule has 0 amide bonds. The summed E-state index contributed by atoms with van der Waals surface area (Å²) in [6.45, 7) is 3.94. The fourth-order valence-electron chi connectivity index (χ4n) is 6.35. The third-order valence-electron chi connectivity index (χ3n) is 8.88. The van der Waals surface area contributed by atoms with Gasteiger partial charge in [-0.15, -0.1) is 11.3 Å². The zero-order chi connectivity index (χ0) is 34.3. The Morgan fingerprint density at radius 3 is 2.66 bits per heavy atom. The third-order valence-corrected chi connectivity index (χ3v) is 9.66. The number of carboxylic acid groups (broad SMARTS) is 1. The fourth-order valence-corrected chi connectivity index (χ4v) is 6.94. The van der Waals surface area contributed by atoms with Crippen molar-refractivity contribution in [1.82, 2.24) is 25.2 Å². The van der Waals surface area contributed by atoms with Gasteiger partial charge in [0, 0.05) is 43.0 Å². The van der Waals surface area contributed by atoms with Gasteiger partial charge in [0.2, 0.25) is 0 Å². The number of nitrogens with zero attached hydrogens (tertiary/aromatic N) is 5. The highest BCUT2D eigenvalue weighted by atomic mass is 32.1. The van der Waals surface area contributed by atoms with Gasteiger partial charge in [0.05, 0.1) is 30.7 Å². The standard InChI is InChI=1S/C31H37F5N6O4S/c1-5-46-28(43)23-20(38-26(27-37-10-12-47-27)39-24(23)18-7-6-8-19(32)17(18)2)13-40-16-31(35,36)25-21(40)14-41(15-22(33)34)42(25)11-9-30(3,4)29(44)45/h6-8,10,12,21-22,24-25H,5,9,11,13-16H2,1-4H3,(H,38,39)(H,44,45). The number of hydrogen-bond donors (Lipinski definition) is 2. The van der Waals surface area contributed by atoms with Gasteiger partial charge in [0.1, 0.15) is 17.9 Å². The van der Waals surface area contributed by atoms with E-state index in [1.54, 1.807) is 31.5 Å². The summed E-state index contributed by atoms with van der Waals surface area (Å²) in [5, 5.41) is 17.2. The summed E-state index contributed by atoms with van der Waals surface area (Å²) in [6, 6.07) is 0.862. The van der Waals surface area contributed by atoms with E-state index in [2.05, 4.69) is 10.3 Å². The molecule has 1 aromatic heterocycles. The molecule has 10 nitrogen and oxygen atoms in total. The molecule has 3 atom stereocenters. The molecular formula is C31H37F5N6O4S. The Morgan fingerprint density at radius 1 is 1.28 bits per heavy atom. The van der Waals surface area contributed by atoms with Gasteiger partial charge in [0.15, 0.2) is 10.8 Å². The first-order chi connectivity index (χ1) is 22.1. The molecule has 0 aliphatic carbocycles. The number of likely N-dealkylation sites (tertiary alicyclic amines) is 1. The molecule has 5 rings (SSSR count). The lowest BCUT2D eigenvalue weighted by molar-refractivity contribution is -0.150. The number of aliphatic imine (C=N–C) groups is 1. The highest BCUT2D eigenvalue weighted by Gasteiger charge is 2.62. The SMILES string of the molecule is CCOC(=O)C1=C(CN2CC(F)(F)C3C2CN(CC(F)F)N3CCC(C)(C)C(=O)O)NC(c2nccs2)=NC1c1cccc(F)c1C. The Labute approximate surface area is 272 Å². The van der Waals surface area contributed by atoms with Gasteiger partial charge in [-0.2, -0.15) is 0 Å². The minimum atomic E-state index is -3.38. The van der Waals surface area contributed by atoms with Crippen LogP contribution in [0.5, 0.6) is 0 Å². The van der Waals surface area contributed by atoms with Crippen molar-refractivity contribution in [3.05, 3.63) is 63.0 Å². The molecule has 3 aliphatic heterocycles. The number of esters is 1. The molecule has 2 saturated heterocycles. The molecule has 2 N–H and O–H groups in total. The van der Waals surface area contributed by atoms with Crippen molar-refractivity contribution in [2.75, 3.05) is 39.3 Å². The predicted octanol–water partition coefficient (Wildman–Crippen LogP) is 4.49. The number of carboxylic acids is 1. The van der Waals surface area contributed by atoms with E-state index in [0.717, 1.165) is 0 Å². The van der Waals surface area contributed by atoms with Crippen LogP contribution in [0.15, 0.2) is 46.0 Å². The first kappa shape index (κ1) is 34.9. The summed E-state index contributed by atoms with van der Waals surface area (Å²) in [6.07, 6.45) is -1.32. The average molecular weight is 685 g/mol. The fraction of sp³-hybridized carbons (Fsp3) is 0.548. The van der Waals surface area contributed by atoms with Crippen LogP contribution in [0, 0.1) is 18.2 Å². The van der Waals surface area contributed by atoms with Gasteiger partial charge in [-0.3, -0.25) is 14.7 Å². The topological polar surface area (TPSA) is 111 Å². The van der Waals surface area contributed by atoms with Crippen molar-refractivity contribution in [3.8, 4) is 0 Å². The third kappa shape index (κ3) is 7.05. The predicted molar refractivity (Wildman–Crippen MR) is 164 cm³/mol. The van der Waals surface area contributed by atoms with Gasteiger partial charge >= 0.3 is 11.9 Å². The van der Waals surface area contributed by atoms with E-state index < -0.39 is 66.7 Å². The zero-order valence-corrected chi connectivity index (χ0v) is 27.2. The summed E-state index contributed by atoms with van der Waals surface area (Å²) in [7, 11) is 0. The van der Waals surface area contributed by atoms with E-state index in [1.165, 1.54) is 52.2 Å². The molecule has 2 fully saturated rings. The number of fused-ring (bicyclic) bond motifs is 1. The molecule has 47 heavy (non-hydrogen) atoms. The van der Waals surface area contributed by atoms with Crippen molar-refractivity contribution in [2.24, 2.45) is 10.4 Å². The van der Waals surface area contributed by atoms with Crippen molar-refractivity contribution < 1.29 is 41.4 Å². The number of ether oxygens (including phenoxy) is 1. The Morgan fingerprint density at radius 2 is 2.02 bits per heavy atom. The first-order valence-electron chi connectivity index (χ1n) is 15.2. The molecule has 0 bridgehead atoms. The number of aromatic nitrogens is 1. The molecule has 256 valence electrons. The number of benzene rings is 1. The number of carbonyl (C=O) groups excluding carboxylic acids is 1. The second-order valence-electron chi connectivity index (χ2n) is 12.5. The number of hydrogen-bond acceptors (Lipinski definition) is 10. The lowest BCUT2D eigenvalue weighted by Crippen LogP contribution is -2.51. The number of alkyl halides is 4. The molecule has 0 saturated carbocycles. The molecular weight excluding hydrogens is 647 g/mol. The van der Waals surface area contributed by atoms with Crippen LogP contribution in [0.1, 0.15) is 49.4 Å². The summed E-state index contributed by atoms with van der Waals surface area (Å²) >= 11 is 1.25. The van der Waals surface area contributed by atoms with Crippen LogP contribution >= 0.6 is 11.3 Å². The summed E-state index contributed by atoms with van der Waals surface area (Å²) in [5.41, 5.74) is -0.450. The minimum absolute atomic E-state index is 0.00421. The molecule has 2 aromatic rings. The van der Waals surface area contributed by atoms with Crippen LogP contribution in [0.2, 0.25) is 0 Å². The van der Waals surface area contributed by atoms with Crippen molar-refractivity contribution in [1.29, 1.82) is 0 Å². The molecule has 0 spiro atoms. The number of aliphatic carboxylic acids is 1. The maximum Gasteiger partial charge on any atom is 0.338 e. The zero-order valence-electron chi connectivity index (χ0n) is 26.4. The average Bonchev–Trinajstić information content (AvgIpc) is 3.70. The van der Waals surface area contributed by atoms with Gasteiger partial charge in [0.25, 0.3) is 12.3 Å². The van der Waals surface area contributed by atoms with Gasteiger partial charge < -0.3 is 15.2 Å². The van der Waals surface area contributed by atoms with Crippen LogP contribution < -0.4 is 5.32 Å². The van der Waals surface area contributed by atoms with Gasteiger partial charge in [-0.1, -0.05) is 12.1 Å². The van der Waals surface area contributed by atoms with E-state index >= 15 is 8.78 Å². The van der Waals surface area contributed by atoms with E-state index in [9.17, 15) is 27.9 Å². The molecule has 0 radical (unpaired) electrons. The first-order valence-corrected chi connectivity index (χ1v) is 16.1. The smallest absolute Gasteiger partial charge is 0.338 e. The van der Waals surface area contributed by atoms with E-state index in [-0.39, 0.29) is 55.3 Å². The number of nitrogens with one attached hydrogen (secondary N) is 1. The van der Waals surface area contributed by atoms with Crippen LogP contribution in [0.3, 0.4) is 0 Å². The lowest BCUT2D eigenvalue weighted by Gasteiger charge is -2.35. The molecule has 4 heterocycles. The monoisotopic (exact) mass is 684 g/mol. The minimum Gasteiger partial charge on any atom is -0.481 e. The number of rotatable bonds is 12. The summed E-state index contributed by atoms with van der Waals surface area (Å²) in [5.74, 6) is -5.54. The Kier molecular flexibility index (Phi) is 10.1. The van der Waals surface area contributed by atoms with E-state index in [4.69, 9.17) is 9.73 Å². The van der Waals surface area contributed by atoms with Crippen LogP contribution in [0.4, 0.5) is 22.0 Å². The Bertz CT molecular complexity index is 1550. The lowest BCUT2D eigenvalue weighted by atomic mass is 9.89. The van der Waals surface area contributed by atoms with E-state index in [0.29, 0.717) is 10.6 Å². The number of hydrazine groups is 1. The molecule has 3 unspecified atom stereocenters. The molecule has 3 aliphatic rings. The molecule has 1 aromatic carbocycles. The van der Waals surface area contributed by atoms with Crippen LogP contribution in [-0.4, -0.2) is 107 Å². The Balaban J connectivity index is 1.55. The van der Waals surface area contributed by atoms with Crippen molar-refractivity contribution in [3.63, 3.8) is 0 Å². The largest absolute Gasteiger partial charge is 0.481 e. The number of carbonyl (C=O) groups is 2. The maximum absolute atomic E-state index is 15.9.